The molecular formula is C10H13ClN2O. The maximum Gasteiger partial charge on any atom is 0.255 e. The zero-order chi connectivity index (χ0) is 10.4. The Balaban J connectivity index is 2.73. The first-order chi connectivity index (χ1) is 6.79. The molecule has 0 radical (unpaired) electrons. The Morgan fingerprint density at radius 1 is 1.64 bits per heavy atom. The molecule has 0 spiro atoms. The molecule has 1 heterocycles. The van der Waals surface area contributed by atoms with E-state index >= 15 is 0 Å². The standard InChI is InChI=1S/C10H13ClN2O/c1-2-13(7-5-11)10(14)9-4-3-6-12-8-9/h3-4,6,8H,2,5,7H2,1H3. The lowest BCUT2D eigenvalue weighted by Gasteiger charge is -2.19. The Morgan fingerprint density at radius 2 is 2.43 bits per heavy atom. The molecule has 0 N–H and O–H groups in total. The van der Waals surface area contributed by atoms with Gasteiger partial charge in [-0.1, -0.05) is 0 Å². The van der Waals surface area contributed by atoms with E-state index in [9.17, 15) is 4.79 Å². The number of nitrogens with zero attached hydrogens (tertiary/aromatic N) is 2. The lowest BCUT2D eigenvalue weighted by atomic mass is 10.2. The molecular weight excluding hydrogens is 200 g/mol. The SMILES string of the molecule is CCN(CCCl)C(=O)c1cccnc1. The second kappa shape index (κ2) is 5.60. The van der Waals surface area contributed by atoms with E-state index in [0.29, 0.717) is 24.5 Å². The maximum absolute atomic E-state index is 11.8. The predicted octanol–water partition coefficient (Wildman–Crippen LogP) is 1.78. The third kappa shape index (κ3) is 2.70. The first-order valence-corrected chi connectivity index (χ1v) is 5.08. The van der Waals surface area contributed by atoms with Crippen LogP contribution in [0.25, 0.3) is 0 Å². The van der Waals surface area contributed by atoms with E-state index in [-0.39, 0.29) is 5.91 Å². The lowest BCUT2D eigenvalue weighted by molar-refractivity contribution is 0.0773. The van der Waals surface area contributed by atoms with Gasteiger partial charge in [-0.3, -0.25) is 9.78 Å². The summed E-state index contributed by atoms with van der Waals surface area (Å²) in [7, 11) is 0. The Kier molecular flexibility index (Phi) is 4.40. The van der Waals surface area contributed by atoms with Crippen molar-refractivity contribution in [3.8, 4) is 0 Å². The summed E-state index contributed by atoms with van der Waals surface area (Å²) in [4.78, 5) is 17.4. The van der Waals surface area contributed by atoms with E-state index < -0.39 is 0 Å². The number of aromatic nitrogens is 1. The van der Waals surface area contributed by atoms with Crippen molar-refractivity contribution in [3.05, 3.63) is 30.1 Å². The van der Waals surface area contributed by atoms with Crippen molar-refractivity contribution >= 4 is 17.5 Å². The molecule has 0 atom stereocenters. The smallest absolute Gasteiger partial charge is 0.255 e. The van der Waals surface area contributed by atoms with Crippen molar-refractivity contribution in [3.63, 3.8) is 0 Å². The zero-order valence-electron chi connectivity index (χ0n) is 8.11. The van der Waals surface area contributed by atoms with Crippen LogP contribution >= 0.6 is 11.6 Å². The summed E-state index contributed by atoms with van der Waals surface area (Å²) in [6.07, 6.45) is 3.22. The minimum Gasteiger partial charge on any atom is -0.338 e. The van der Waals surface area contributed by atoms with Crippen LogP contribution in [0.15, 0.2) is 24.5 Å². The molecule has 0 fully saturated rings. The number of amides is 1. The van der Waals surface area contributed by atoms with E-state index in [4.69, 9.17) is 11.6 Å². The molecule has 0 bridgehead atoms. The maximum atomic E-state index is 11.8. The van der Waals surface area contributed by atoms with Crippen LogP contribution in [0.1, 0.15) is 17.3 Å². The summed E-state index contributed by atoms with van der Waals surface area (Å²) in [5.41, 5.74) is 0.611. The van der Waals surface area contributed by atoms with Gasteiger partial charge in [0.25, 0.3) is 5.91 Å². The molecule has 0 aliphatic heterocycles. The fourth-order valence-corrected chi connectivity index (χ4v) is 1.38. The molecule has 0 saturated carbocycles. The third-order valence-corrected chi connectivity index (χ3v) is 2.10. The molecule has 76 valence electrons. The molecule has 1 rings (SSSR count). The Morgan fingerprint density at radius 3 is 2.93 bits per heavy atom. The minimum atomic E-state index is -0.0127. The van der Waals surface area contributed by atoms with E-state index in [0.717, 1.165) is 0 Å². The van der Waals surface area contributed by atoms with Gasteiger partial charge in [-0.05, 0) is 19.1 Å². The van der Waals surface area contributed by atoms with Crippen molar-refractivity contribution in [2.24, 2.45) is 0 Å². The van der Waals surface area contributed by atoms with Crippen LogP contribution in [0.5, 0.6) is 0 Å². The Labute approximate surface area is 88.7 Å². The first-order valence-electron chi connectivity index (χ1n) is 4.54. The van der Waals surface area contributed by atoms with Crippen LogP contribution in [0.2, 0.25) is 0 Å². The van der Waals surface area contributed by atoms with Gasteiger partial charge in [0.1, 0.15) is 0 Å². The van der Waals surface area contributed by atoms with Gasteiger partial charge in [-0.25, -0.2) is 0 Å². The van der Waals surface area contributed by atoms with E-state index in [1.54, 1.807) is 29.4 Å². The van der Waals surface area contributed by atoms with Gasteiger partial charge in [0.05, 0.1) is 5.56 Å². The normalized spacial score (nSPS) is 9.86. The number of hydrogen-bond acceptors (Lipinski definition) is 2. The predicted molar refractivity (Wildman–Crippen MR) is 56.5 cm³/mol. The second-order valence-electron chi connectivity index (χ2n) is 2.82. The number of pyridine rings is 1. The van der Waals surface area contributed by atoms with Gasteiger partial charge in [0.15, 0.2) is 0 Å². The van der Waals surface area contributed by atoms with E-state index in [1.807, 2.05) is 6.92 Å². The summed E-state index contributed by atoms with van der Waals surface area (Å²) < 4.78 is 0. The highest BCUT2D eigenvalue weighted by atomic mass is 35.5. The molecule has 0 aliphatic carbocycles. The van der Waals surface area contributed by atoms with Gasteiger partial charge in [0.2, 0.25) is 0 Å². The summed E-state index contributed by atoms with van der Waals surface area (Å²) >= 11 is 5.60. The molecule has 0 aliphatic rings. The molecule has 0 unspecified atom stereocenters. The summed E-state index contributed by atoms with van der Waals surface area (Å²) in [5, 5.41) is 0. The highest BCUT2D eigenvalue weighted by Gasteiger charge is 2.12. The second-order valence-corrected chi connectivity index (χ2v) is 3.19. The van der Waals surface area contributed by atoms with Crippen molar-refractivity contribution < 1.29 is 4.79 Å². The number of hydrogen-bond donors (Lipinski definition) is 0. The fraction of sp³-hybridized carbons (Fsp3) is 0.400. The van der Waals surface area contributed by atoms with E-state index in [1.165, 1.54) is 0 Å². The van der Waals surface area contributed by atoms with Crippen molar-refractivity contribution in [2.45, 2.75) is 6.92 Å². The highest BCUT2D eigenvalue weighted by Crippen LogP contribution is 2.02. The fourth-order valence-electron chi connectivity index (χ4n) is 1.18. The summed E-state index contributed by atoms with van der Waals surface area (Å²) in [6, 6.07) is 3.51. The third-order valence-electron chi connectivity index (χ3n) is 1.93. The lowest BCUT2D eigenvalue weighted by Crippen LogP contribution is -2.32. The van der Waals surface area contributed by atoms with Gasteiger partial charge in [-0.2, -0.15) is 0 Å². The molecule has 0 saturated heterocycles. The van der Waals surface area contributed by atoms with Gasteiger partial charge >= 0.3 is 0 Å². The molecule has 14 heavy (non-hydrogen) atoms. The van der Waals surface area contributed by atoms with Crippen LogP contribution in [-0.2, 0) is 0 Å². The average molecular weight is 213 g/mol. The Bertz CT molecular complexity index is 289. The number of halogens is 1. The van der Waals surface area contributed by atoms with Crippen LogP contribution < -0.4 is 0 Å². The number of carbonyl (C=O) groups is 1. The number of rotatable bonds is 4. The van der Waals surface area contributed by atoms with Gasteiger partial charge in [0, 0.05) is 31.4 Å². The van der Waals surface area contributed by atoms with Gasteiger partial charge in [-0.15, -0.1) is 11.6 Å². The van der Waals surface area contributed by atoms with Crippen LogP contribution in [-0.4, -0.2) is 34.8 Å². The molecule has 3 nitrogen and oxygen atoms in total. The first kappa shape index (κ1) is 11.0. The molecule has 0 aromatic carbocycles. The molecule has 1 aromatic heterocycles. The summed E-state index contributed by atoms with van der Waals surface area (Å²) in [5.74, 6) is 0.445. The van der Waals surface area contributed by atoms with Crippen LogP contribution in [0.4, 0.5) is 0 Å². The number of alkyl halides is 1. The van der Waals surface area contributed by atoms with Crippen molar-refractivity contribution in [2.75, 3.05) is 19.0 Å². The quantitative estimate of drug-likeness (QED) is 0.713. The van der Waals surface area contributed by atoms with Crippen molar-refractivity contribution in [1.29, 1.82) is 0 Å². The largest absolute Gasteiger partial charge is 0.338 e. The molecule has 1 amide bonds. The van der Waals surface area contributed by atoms with E-state index in [2.05, 4.69) is 4.98 Å². The Hall–Kier alpha value is -1.09. The molecule has 4 heteroatoms. The monoisotopic (exact) mass is 212 g/mol. The highest BCUT2D eigenvalue weighted by molar-refractivity contribution is 6.18. The topological polar surface area (TPSA) is 33.2 Å². The van der Waals surface area contributed by atoms with Crippen LogP contribution in [0.3, 0.4) is 0 Å². The van der Waals surface area contributed by atoms with Crippen molar-refractivity contribution in [1.82, 2.24) is 9.88 Å². The zero-order valence-corrected chi connectivity index (χ0v) is 8.87. The number of carbonyl (C=O) groups excluding carboxylic acids is 1. The molecule has 1 aromatic rings. The summed E-state index contributed by atoms with van der Waals surface area (Å²) in [6.45, 7) is 3.17. The average Bonchev–Trinajstić information content (AvgIpc) is 2.26. The van der Waals surface area contributed by atoms with Crippen LogP contribution in [0, 0.1) is 0 Å². The minimum absolute atomic E-state index is 0.0127. The van der Waals surface area contributed by atoms with Gasteiger partial charge < -0.3 is 4.90 Å².